The first kappa shape index (κ1) is 30.0. The van der Waals surface area contributed by atoms with Gasteiger partial charge in [0.15, 0.2) is 5.90 Å². The molecule has 1 amide bonds. The highest BCUT2D eigenvalue weighted by Gasteiger charge is 2.62. The topological polar surface area (TPSA) is 101 Å². The van der Waals surface area contributed by atoms with E-state index < -0.39 is 15.3 Å². The van der Waals surface area contributed by atoms with Gasteiger partial charge in [0.2, 0.25) is 15.9 Å². The van der Waals surface area contributed by atoms with Crippen molar-refractivity contribution in [1.82, 2.24) is 14.1 Å². The van der Waals surface area contributed by atoms with Gasteiger partial charge in [-0.3, -0.25) is 9.69 Å². The molecule has 2 heterocycles. The molecule has 41 heavy (non-hydrogen) atoms. The van der Waals surface area contributed by atoms with Crippen molar-refractivity contribution in [1.29, 1.82) is 0 Å². The molecule has 7 atom stereocenters. The molecule has 5 rings (SSSR count). The molecule has 2 aliphatic heterocycles. The van der Waals surface area contributed by atoms with Gasteiger partial charge in [-0.15, -0.1) is 0 Å². The van der Waals surface area contributed by atoms with E-state index >= 15 is 0 Å². The number of methoxy groups -OCH3 is 2. The summed E-state index contributed by atoms with van der Waals surface area (Å²) in [5.41, 5.74) is 2.32. The van der Waals surface area contributed by atoms with Crippen LogP contribution in [-0.2, 0) is 42.1 Å². The van der Waals surface area contributed by atoms with Crippen LogP contribution in [0, 0.1) is 17.8 Å². The molecule has 0 N–H and O–H groups in total. The Labute approximate surface area is 244 Å². The third-order valence-corrected chi connectivity index (χ3v) is 11.6. The van der Waals surface area contributed by atoms with E-state index in [0.29, 0.717) is 25.0 Å². The van der Waals surface area contributed by atoms with Crippen molar-refractivity contribution in [2.24, 2.45) is 22.7 Å². The highest BCUT2D eigenvalue weighted by molar-refractivity contribution is 7.89. The van der Waals surface area contributed by atoms with Crippen LogP contribution < -0.4 is 0 Å². The predicted octanol–water partition coefficient (Wildman–Crippen LogP) is 2.50. The highest BCUT2D eigenvalue weighted by Crippen LogP contribution is 2.44. The number of nitrogens with zero attached hydrogens (tertiary/aromatic N) is 4. The zero-order chi connectivity index (χ0) is 29.5. The summed E-state index contributed by atoms with van der Waals surface area (Å²) in [6, 6.07) is 8.19. The smallest absolute Gasteiger partial charge is 0.231 e. The fourth-order valence-corrected chi connectivity index (χ4v) is 8.65. The predicted molar refractivity (Wildman–Crippen MR) is 157 cm³/mol. The average Bonchev–Trinajstić information content (AvgIpc) is 3.23. The summed E-state index contributed by atoms with van der Waals surface area (Å²) in [7, 11) is 3.18. The first-order valence-corrected chi connectivity index (χ1v) is 16.0. The van der Waals surface area contributed by atoms with Gasteiger partial charge in [0, 0.05) is 53.8 Å². The molecule has 11 heteroatoms. The molecule has 2 fully saturated rings. The highest BCUT2D eigenvalue weighted by atomic mass is 32.2. The molecule has 10 nitrogen and oxygen atoms in total. The van der Waals surface area contributed by atoms with Crippen LogP contribution >= 0.6 is 0 Å². The van der Waals surface area contributed by atoms with Crippen LogP contribution in [0.4, 0.5) is 0 Å². The van der Waals surface area contributed by atoms with Crippen LogP contribution in [0.2, 0.25) is 0 Å². The lowest BCUT2D eigenvalue weighted by molar-refractivity contribution is -0.132. The second-order valence-electron chi connectivity index (χ2n) is 12.2. The van der Waals surface area contributed by atoms with Gasteiger partial charge < -0.3 is 19.1 Å². The Morgan fingerprint density at radius 2 is 1.83 bits per heavy atom. The van der Waals surface area contributed by atoms with Gasteiger partial charge in [0.25, 0.3) is 0 Å². The van der Waals surface area contributed by atoms with E-state index in [-0.39, 0.29) is 42.4 Å². The minimum atomic E-state index is -3.58. The molecule has 0 radical (unpaired) electrons. The molecule has 0 aromatic heterocycles. The maximum atomic E-state index is 13.4. The van der Waals surface area contributed by atoms with Crippen LogP contribution in [0.25, 0.3) is 0 Å². The number of fused-ring (bicyclic) bond motifs is 1. The molecule has 1 aromatic rings. The fourth-order valence-electron chi connectivity index (χ4n) is 6.64. The summed E-state index contributed by atoms with van der Waals surface area (Å²) < 4.78 is 45.0. The van der Waals surface area contributed by atoms with Gasteiger partial charge in [0.1, 0.15) is 18.1 Å². The second kappa shape index (κ2) is 12.0. The number of aliphatic imine (C=N–C) groups is 1. The number of ether oxygens (including phenoxy) is 3. The molecule has 7 unspecified atom stereocenters. The lowest BCUT2D eigenvalue weighted by Crippen LogP contribution is -2.46. The number of hydrogen-bond acceptors (Lipinski definition) is 8. The van der Waals surface area contributed by atoms with E-state index in [0.717, 1.165) is 37.4 Å². The lowest BCUT2D eigenvalue weighted by Gasteiger charge is -2.35. The average molecular weight is 589 g/mol. The molecule has 2 aliphatic carbocycles. The van der Waals surface area contributed by atoms with Crippen LogP contribution in [0.15, 0.2) is 41.1 Å². The zero-order valence-corrected chi connectivity index (χ0v) is 25.8. The van der Waals surface area contributed by atoms with Crippen molar-refractivity contribution in [3.05, 3.63) is 47.2 Å². The molecule has 1 saturated heterocycles. The van der Waals surface area contributed by atoms with Crippen molar-refractivity contribution in [2.75, 3.05) is 47.9 Å². The van der Waals surface area contributed by atoms with Crippen LogP contribution in [0.3, 0.4) is 0 Å². The first-order chi connectivity index (χ1) is 19.5. The van der Waals surface area contributed by atoms with Gasteiger partial charge >= 0.3 is 0 Å². The third kappa shape index (κ3) is 6.33. The summed E-state index contributed by atoms with van der Waals surface area (Å²) in [5, 5.41) is -0.539. The molecule has 1 aromatic carbocycles. The monoisotopic (exact) mass is 588 g/mol. The minimum Gasteiger partial charge on any atom is -0.501 e. The molecule has 4 aliphatic rings. The van der Waals surface area contributed by atoms with E-state index in [2.05, 4.69) is 34.2 Å². The maximum Gasteiger partial charge on any atom is 0.231 e. The standard InChI is InChI=1S/C30H44N4O6S/c1-19-13-24(39-6)14-20(2)29(19)41(36,37)33(4)18-25-31-27-26(28(27)40-25)30(35)32(3)15-21-7-9-22(10-8-21)16-34-12-11-23(17-34)38-5/h7-10,13,19-20,23,26-29H,11-12,14-18H2,1-6H3. The van der Waals surface area contributed by atoms with Crippen molar-refractivity contribution in [3.63, 3.8) is 0 Å². The van der Waals surface area contributed by atoms with Crippen LogP contribution in [-0.4, -0.2) is 106 Å². The number of sulfonamides is 1. The number of carbonyl (C=O) groups is 1. The molecule has 0 bridgehead atoms. The summed E-state index contributed by atoms with van der Waals surface area (Å²) in [4.78, 5) is 21.8. The number of likely N-dealkylation sites (N-methyl/N-ethyl adjacent to an activating group) is 1. The number of amides is 1. The summed E-state index contributed by atoms with van der Waals surface area (Å²) in [6.07, 6.45) is 3.58. The normalized spacial score (nSPS) is 31.3. The first-order valence-electron chi connectivity index (χ1n) is 14.5. The van der Waals surface area contributed by atoms with E-state index in [1.54, 1.807) is 33.2 Å². The quantitative estimate of drug-likeness (QED) is 0.392. The zero-order valence-electron chi connectivity index (χ0n) is 25.0. The number of hydrogen-bond donors (Lipinski definition) is 0. The number of rotatable bonds is 11. The molecule has 226 valence electrons. The maximum absolute atomic E-state index is 13.4. The number of carbonyl (C=O) groups excluding carboxylic acids is 1. The van der Waals surface area contributed by atoms with Gasteiger partial charge in [-0.05, 0) is 35.5 Å². The Bertz CT molecular complexity index is 1280. The summed E-state index contributed by atoms with van der Waals surface area (Å²) >= 11 is 0. The molecular formula is C30H44N4O6S. The van der Waals surface area contributed by atoms with E-state index in [9.17, 15) is 13.2 Å². The van der Waals surface area contributed by atoms with Gasteiger partial charge in [-0.25, -0.2) is 13.4 Å². The fraction of sp³-hybridized carbons (Fsp3) is 0.667. The summed E-state index contributed by atoms with van der Waals surface area (Å²) in [6.45, 7) is 7.35. The van der Waals surface area contributed by atoms with Gasteiger partial charge in [0.05, 0.1) is 30.8 Å². The Morgan fingerprint density at radius 3 is 2.41 bits per heavy atom. The van der Waals surface area contributed by atoms with Gasteiger partial charge in [-0.1, -0.05) is 38.1 Å². The van der Waals surface area contributed by atoms with Crippen molar-refractivity contribution in [2.45, 2.75) is 63.3 Å². The molecular weight excluding hydrogens is 544 g/mol. The lowest BCUT2D eigenvalue weighted by atomic mass is 9.87. The van der Waals surface area contributed by atoms with Crippen LogP contribution in [0.1, 0.15) is 37.8 Å². The second-order valence-corrected chi connectivity index (χ2v) is 14.4. The third-order valence-electron chi connectivity index (χ3n) is 9.01. The van der Waals surface area contributed by atoms with Crippen molar-refractivity contribution < 1.29 is 27.4 Å². The Morgan fingerprint density at radius 1 is 1.12 bits per heavy atom. The largest absolute Gasteiger partial charge is 0.501 e. The van der Waals surface area contributed by atoms with Crippen LogP contribution in [0.5, 0.6) is 0 Å². The molecule has 1 saturated carbocycles. The van der Waals surface area contributed by atoms with E-state index in [1.165, 1.54) is 9.87 Å². The van der Waals surface area contributed by atoms with Crippen molar-refractivity contribution in [3.8, 4) is 0 Å². The minimum absolute atomic E-state index is 0.00103. The SMILES string of the molecule is COC1=CC(C)C(S(=O)(=O)N(C)CC2=NC3C(O2)C3C(=O)N(C)Cc2ccc(CN3CCC(OC)C3)cc2)C(C)C1. The van der Waals surface area contributed by atoms with Crippen molar-refractivity contribution >= 4 is 21.8 Å². The Balaban J connectivity index is 1.11. The molecule has 0 spiro atoms. The van der Waals surface area contributed by atoms with E-state index in [1.807, 2.05) is 19.9 Å². The number of allylic oxidation sites excluding steroid dienone is 2. The Hall–Kier alpha value is -2.47. The number of likely N-dealkylation sites (tertiary alicyclic amines) is 1. The number of benzene rings is 1. The van der Waals surface area contributed by atoms with Gasteiger partial charge in [-0.2, -0.15) is 4.31 Å². The Kier molecular flexibility index (Phi) is 8.80. The summed E-state index contributed by atoms with van der Waals surface area (Å²) in [5.74, 6) is 0.667. The van der Waals surface area contributed by atoms with E-state index in [4.69, 9.17) is 14.2 Å².